The summed E-state index contributed by atoms with van der Waals surface area (Å²) in [4.78, 5) is 15.7. The first-order chi connectivity index (χ1) is 12.3. The molecule has 3 aromatic rings. The Morgan fingerprint density at radius 2 is 2.28 bits per heavy atom. The van der Waals surface area contributed by atoms with Gasteiger partial charge in [-0.2, -0.15) is 5.26 Å². The van der Waals surface area contributed by atoms with Crippen molar-refractivity contribution in [3.8, 4) is 6.07 Å². The summed E-state index contributed by atoms with van der Waals surface area (Å²) in [6, 6.07) is 7.73. The molecule has 0 radical (unpaired) electrons. The van der Waals surface area contributed by atoms with Crippen molar-refractivity contribution in [3.63, 3.8) is 0 Å². The van der Waals surface area contributed by atoms with Crippen LogP contribution in [0.1, 0.15) is 36.0 Å². The fourth-order valence-corrected chi connectivity index (χ4v) is 3.91. The molecule has 0 aliphatic carbocycles. The first-order valence-electron chi connectivity index (χ1n) is 8.33. The average Bonchev–Trinajstić information content (AvgIpc) is 3.34. The van der Waals surface area contributed by atoms with Crippen molar-refractivity contribution in [1.29, 1.82) is 5.26 Å². The van der Waals surface area contributed by atoms with Crippen LogP contribution in [0.5, 0.6) is 0 Å². The van der Waals surface area contributed by atoms with Crippen LogP contribution in [0.4, 0.5) is 5.82 Å². The summed E-state index contributed by atoms with van der Waals surface area (Å²) in [5.74, 6) is 2.34. The van der Waals surface area contributed by atoms with Gasteiger partial charge in [-0.3, -0.25) is 0 Å². The standard InChI is InChI=1S/C18H18N6S/c19-9-15-4-1-5-17(22-15)23-7-2-3-14(10-23)18-20-6-8-24(18)11-16-12-25-13-21-16/h1,4-6,8,12-14H,2-3,7,10-11H2/t14-/m0/s1. The van der Waals surface area contributed by atoms with E-state index in [4.69, 9.17) is 5.26 Å². The predicted octanol–water partition coefficient (Wildman–Crippen LogP) is 3.04. The Bertz CT molecular complexity index is 879. The minimum absolute atomic E-state index is 0.356. The minimum Gasteiger partial charge on any atom is -0.356 e. The van der Waals surface area contributed by atoms with Gasteiger partial charge in [-0.25, -0.2) is 15.0 Å². The van der Waals surface area contributed by atoms with Crippen LogP contribution in [-0.2, 0) is 6.54 Å². The summed E-state index contributed by atoms with van der Waals surface area (Å²) in [5.41, 5.74) is 3.40. The van der Waals surface area contributed by atoms with E-state index in [0.29, 0.717) is 11.6 Å². The molecule has 1 fully saturated rings. The molecular weight excluding hydrogens is 332 g/mol. The third-order valence-electron chi connectivity index (χ3n) is 4.52. The molecule has 4 heterocycles. The molecule has 1 aliphatic heterocycles. The largest absolute Gasteiger partial charge is 0.356 e. The van der Waals surface area contributed by atoms with E-state index in [1.165, 1.54) is 0 Å². The van der Waals surface area contributed by atoms with Crippen molar-refractivity contribution in [2.45, 2.75) is 25.3 Å². The molecule has 1 saturated heterocycles. The molecule has 4 rings (SSSR count). The molecule has 1 atom stereocenters. The smallest absolute Gasteiger partial charge is 0.142 e. The fraction of sp³-hybridized carbons (Fsp3) is 0.333. The third-order valence-corrected chi connectivity index (χ3v) is 5.16. The molecule has 6 nitrogen and oxygen atoms in total. The number of aromatic nitrogens is 4. The molecule has 126 valence electrons. The number of pyridine rings is 1. The van der Waals surface area contributed by atoms with Gasteiger partial charge < -0.3 is 9.47 Å². The normalized spacial score (nSPS) is 17.4. The second kappa shape index (κ2) is 7.03. The first kappa shape index (κ1) is 15.8. The van der Waals surface area contributed by atoms with E-state index in [0.717, 1.165) is 49.8 Å². The molecule has 25 heavy (non-hydrogen) atoms. The van der Waals surface area contributed by atoms with E-state index in [-0.39, 0.29) is 0 Å². The Morgan fingerprint density at radius 3 is 3.12 bits per heavy atom. The topological polar surface area (TPSA) is 70.6 Å². The Labute approximate surface area is 150 Å². The average molecular weight is 350 g/mol. The highest BCUT2D eigenvalue weighted by molar-refractivity contribution is 7.07. The van der Waals surface area contributed by atoms with Crippen LogP contribution in [0.25, 0.3) is 0 Å². The van der Waals surface area contributed by atoms with Crippen molar-refractivity contribution in [1.82, 2.24) is 19.5 Å². The number of hydrogen-bond donors (Lipinski definition) is 0. The highest BCUT2D eigenvalue weighted by Crippen LogP contribution is 2.28. The Hall–Kier alpha value is -2.72. The molecular formula is C18H18N6S. The number of nitriles is 1. The minimum atomic E-state index is 0.356. The molecule has 7 heteroatoms. The monoisotopic (exact) mass is 350 g/mol. The molecule has 0 N–H and O–H groups in total. The van der Waals surface area contributed by atoms with Crippen LogP contribution < -0.4 is 4.90 Å². The van der Waals surface area contributed by atoms with Crippen LogP contribution >= 0.6 is 11.3 Å². The fourth-order valence-electron chi connectivity index (χ4n) is 3.36. The Balaban J connectivity index is 1.54. The Morgan fingerprint density at radius 1 is 1.32 bits per heavy atom. The second-order valence-corrected chi connectivity index (χ2v) is 6.89. The Kier molecular flexibility index (Phi) is 4.44. The lowest BCUT2D eigenvalue weighted by Crippen LogP contribution is -2.36. The third kappa shape index (κ3) is 3.39. The van der Waals surface area contributed by atoms with Gasteiger partial charge in [0.1, 0.15) is 23.4 Å². The molecule has 0 unspecified atom stereocenters. The summed E-state index contributed by atoms with van der Waals surface area (Å²) in [5, 5.41) is 11.1. The molecule has 0 saturated carbocycles. The van der Waals surface area contributed by atoms with Gasteiger partial charge in [-0.1, -0.05) is 6.07 Å². The van der Waals surface area contributed by atoms with E-state index < -0.39 is 0 Å². The van der Waals surface area contributed by atoms with Crippen LogP contribution in [0, 0.1) is 11.3 Å². The van der Waals surface area contributed by atoms with Crippen molar-refractivity contribution in [3.05, 3.63) is 58.7 Å². The predicted molar refractivity (Wildman–Crippen MR) is 96.6 cm³/mol. The van der Waals surface area contributed by atoms with Crippen LogP contribution in [0.2, 0.25) is 0 Å². The molecule has 0 spiro atoms. The zero-order valence-corrected chi connectivity index (χ0v) is 14.6. The summed E-state index contributed by atoms with van der Waals surface area (Å²) >= 11 is 1.62. The van der Waals surface area contributed by atoms with Gasteiger partial charge in [0.2, 0.25) is 0 Å². The highest BCUT2D eigenvalue weighted by atomic mass is 32.1. The van der Waals surface area contributed by atoms with E-state index in [9.17, 15) is 0 Å². The summed E-state index contributed by atoms with van der Waals surface area (Å²) in [7, 11) is 0. The van der Waals surface area contributed by atoms with Crippen LogP contribution in [0.3, 0.4) is 0 Å². The zero-order chi connectivity index (χ0) is 17.1. The van der Waals surface area contributed by atoms with Gasteiger partial charge in [0, 0.05) is 36.8 Å². The first-order valence-corrected chi connectivity index (χ1v) is 9.28. The molecule has 0 aromatic carbocycles. The van der Waals surface area contributed by atoms with Crippen LogP contribution in [0.15, 0.2) is 41.5 Å². The molecule has 1 aliphatic rings. The van der Waals surface area contributed by atoms with Crippen LogP contribution in [-0.4, -0.2) is 32.6 Å². The number of rotatable bonds is 4. The van der Waals surface area contributed by atoms with Crippen molar-refractivity contribution in [2.24, 2.45) is 0 Å². The van der Waals surface area contributed by atoms with E-state index in [1.54, 1.807) is 17.4 Å². The number of piperidine rings is 1. The van der Waals surface area contributed by atoms with Gasteiger partial charge in [0.05, 0.1) is 17.7 Å². The SMILES string of the molecule is N#Cc1cccc(N2CCC[C@H](c3nccn3Cc3cscn3)C2)n1. The maximum atomic E-state index is 9.07. The van der Waals surface area contributed by atoms with Gasteiger partial charge in [0.25, 0.3) is 0 Å². The molecule has 0 amide bonds. The number of nitrogens with zero attached hydrogens (tertiary/aromatic N) is 6. The summed E-state index contributed by atoms with van der Waals surface area (Å²) < 4.78 is 2.20. The maximum absolute atomic E-state index is 9.07. The lowest BCUT2D eigenvalue weighted by molar-refractivity contribution is 0.473. The maximum Gasteiger partial charge on any atom is 0.142 e. The van der Waals surface area contributed by atoms with E-state index >= 15 is 0 Å². The number of hydrogen-bond acceptors (Lipinski definition) is 6. The quantitative estimate of drug-likeness (QED) is 0.723. The highest BCUT2D eigenvalue weighted by Gasteiger charge is 2.25. The number of anilines is 1. The van der Waals surface area contributed by atoms with Gasteiger partial charge in [0.15, 0.2) is 0 Å². The second-order valence-electron chi connectivity index (χ2n) is 6.17. The summed E-state index contributed by atoms with van der Waals surface area (Å²) in [6.07, 6.45) is 6.10. The van der Waals surface area contributed by atoms with Crippen molar-refractivity contribution >= 4 is 17.2 Å². The molecule has 0 bridgehead atoms. The van der Waals surface area contributed by atoms with Gasteiger partial charge in [-0.15, -0.1) is 11.3 Å². The van der Waals surface area contributed by atoms with E-state index in [2.05, 4.69) is 35.9 Å². The van der Waals surface area contributed by atoms with Gasteiger partial charge in [-0.05, 0) is 25.0 Å². The van der Waals surface area contributed by atoms with Crippen molar-refractivity contribution < 1.29 is 0 Å². The zero-order valence-electron chi connectivity index (χ0n) is 13.7. The molecule has 3 aromatic heterocycles. The lowest BCUT2D eigenvalue weighted by atomic mass is 9.97. The lowest BCUT2D eigenvalue weighted by Gasteiger charge is -2.33. The summed E-state index contributed by atoms with van der Waals surface area (Å²) in [6.45, 7) is 2.60. The number of thiazole rings is 1. The van der Waals surface area contributed by atoms with E-state index in [1.807, 2.05) is 30.0 Å². The van der Waals surface area contributed by atoms with Gasteiger partial charge >= 0.3 is 0 Å². The number of imidazole rings is 1. The van der Waals surface area contributed by atoms with Crippen molar-refractivity contribution in [2.75, 3.05) is 18.0 Å².